The second kappa shape index (κ2) is 8.00. The summed E-state index contributed by atoms with van der Waals surface area (Å²) in [6.45, 7) is 13.9. The number of nitro groups is 1. The van der Waals surface area contributed by atoms with Gasteiger partial charge in [0.1, 0.15) is 5.75 Å². The molecular formula is C20H28N4O4. The third kappa shape index (κ3) is 4.68. The van der Waals surface area contributed by atoms with Crippen molar-refractivity contribution in [2.24, 2.45) is 5.92 Å². The first-order valence-corrected chi connectivity index (χ1v) is 9.23. The fraction of sp³-hybridized carbons (Fsp3) is 0.500. The van der Waals surface area contributed by atoms with Crippen molar-refractivity contribution in [2.75, 3.05) is 6.54 Å². The summed E-state index contributed by atoms with van der Waals surface area (Å²) >= 11 is 0. The van der Waals surface area contributed by atoms with Crippen molar-refractivity contribution >= 4 is 11.6 Å². The van der Waals surface area contributed by atoms with E-state index in [1.807, 2.05) is 34.6 Å². The van der Waals surface area contributed by atoms with E-state index < -0.39 is 10.5 Å². The average molecular weight is 388 g/mol. The summed E-state index contributed by atoms with van der Waals surface area (Å²) < 4.78 is 7.71. The maximum absolute atomic E-state index is 12.6. The minimum Gasteiger partial charge on any atom is -0.439 e. The SMILES string of the molecule is Cc1cc(Oc2c(C)c(C(=O)NCC(C)C)nn2C(C)(C)C)ccc1[N+](=O)[O-]. The molecule has 1 aromatic carbocycles. The zero-order chi connectivity index (χ0) is 21.2. The standard InChI is InChI=1S/C20H28N4O4/c1-12(2)11-21-18(25)17-14(4)19(23(22-17)20(5,6)7)28-15-8-9-16(24(26)27)13(3)10-15/h8-10,12H,11H2,1-7H3,(H,21,25). The molecular weight excluding hydrogens is 360 g/mol. The molecule has 0 spiro atoms. The number of hydrogen-bond donors (Lipinski definition) is 1. The molecule has 1 aromatic heterocycles. The molecule has 1 heterocycles. The highest BCUT2D eigenvalue weighted by Gasteiger charge is 2.28. The zero-order valence-corrected chi connectivity index (χ0v) is 17.5. The molecule has 0 aliphatic rings. The highest BCUT2D eigenvalue weighted by Crippen LogP contribution is 2.33. The Morgan fingerprint density at radius 2 is 1.96 bits per heavy atom. The molecule has 0 bridgehead atoms. The van der Waals surface area contributed by atoms with E-state index in [4.69, 9.17) is 4.74 Å². The predicted molar refractivity (Wildman–Crippen MR) is 107 cm³/mol. The van der Waals surface area contributed by atoms with Crippen molar-refractivity contribution in [3.63, 3.8) is 0 Å². The first-order chi connectivity index (χ1) is 12.9. The zero-order valence-electron chi connectivity index (χ0n) is 17.5. The Hall–Kier alpha value is -2.90. The third-order valence-corrected chi connectivity index (χ3v) is 4.17. The third-order valence-electron chi connectivity index (χ3n) is 4.17. The maximum Gasteiger partial charge on any atom is 0.272 e. The molecule has 28 heavy (non-hydrogen) atoms. The number of amides is 1. The van der Waals surface area contributed by atoms with E-state index in [0.29, 0.717) is 40.9 Å². The quantitative estimate of drug-likeness (QED) is 0.586. The average Bonchev–Trinajstić information content (AvgIpc) is 2.89. The van der Waals surface area contributed by atoms with Gasteiger partial charge in [0, 0.05) is 23.7 Å². The number of ether oxygens (including phenoxy) is 1. The minimum atomic E-state index is -0.430. The number of rotatable bonds is 6. The van der Waals surface area contributed by atoms with Crippen LogP contribution in [-0.4, -0.2) is 27.2 Å². The van der Waals surface area contributed by atoms with Crippen molar-refractivity contribution in [2.45, 2.75) is 54.0 Å². The highest BCUT2D eigenvalue weighted by atomic mass is 16.6. The summed E-state index contributed by atoms with van der Waals surface area (Å²) in [5, 5.41) is 18.4. The van der Waals surface area contributed by atoms with E-state index >= 15 is 0 Å². The van der Waals surface area contributed by atoms with Gasteiger partial charge >= 0.3 is 0 Å². The van der Waals surface area contributed by atoms with E-state index in [-0.39, 0.29) is 11.6 Å². The van der Waals surface area contributed by atoms with Crippen molar-refractivity contribution in [1.29, 1.82) is 0 Å². The molecule has 8 nitrogen and oxygen atoms in total. The molecule has 1 N–H and O–H groups in total. The van der Waals surface area contributed by atoms with E-state index in [0.717, 1.165) is 0 Å². The van der Waals surface area contributed by atoms with Crippen LogP contribution in [0.4, 0.5) is 5.69 Å². The Balaban J connectivity index is 2.44. The Kier molecular flexibility index (Phi) is 6.11. The van der Waals surface area contributed by atoms with Crippen LogP contribution in [0, 0.1) is 29.9 Å². The van der Waals surface area contributed by atoms with Gasteiger partial charge in [0.2, 0.25) is 5.88 Å². The van der Waals surface area contributed by atoms with Gasteiger partial charge in [-0.1, -0.05) is 13.8 Å². The fourth-order valence-corrected chi connectivity index (χ4v) is 2.66. The van der Waals surface area contributed by atoms with Crippen LogP contribution in [-0.2, 0) is 5.54 Å². The van der Waals surface area contributed by atoms with Gasteiger partial charge in [-0.05, 0) is 52.7 Å². The van der Waals surface area contributed by atoms with Crippen molar-refractivity contribution in [3.05, 3.63) is 45.1 Å². The van der Waals surface area contributed by atoms with Gasteiger partial charge in [0.15, 0.2) is 5.69 Å². The monoisotopic (exact) mass is 388 g/mol. The fourth-order valence-electron chi connectivity index (χ4n) is 2.66. The van der Waals surface area contributed by atoms with Crippen LogP contribution in [0.3, 0.4) is 0 Å². The number of benzene rings is 1. The molecule has 0 unspecified atom stereocenters. The van der Waals surface area contributed by atoms with Crippen molar-refractivity contribution < 1.29 is 14.5 Å². The first kappa shape index (κ1) is 21.4. The predicted octanol–water partition coefficient (Wildman–Crippen LogP) is 4.34. The molecule has 0 aliphatic heterocycles. The molecule has 8 heteroatoms. The largest absolute Gasteiger partial charge is 0.439 e. The van der Waals surface area contributed by atoms with Crippen LogP contribution in [0.1, 0.15) is 56.2 Å². The lowest BCUT2D eigenvalue weighted by Crippen LogP contribution is -2.29. The van der Waals surface area contributed by atoms with Crippen LogP contribution in [0.2, 0.25) is 0 Å². The molecule has 0 aliphatic carbocycles. The summed E-state index contributed by atoms with van der Waals surface area (Å²) in [4.78, 5) is 23.2. The summed E-state index contributed by atoms with van der Waals surface area (Å²) in [5.41, 5.74) is 1.03. The van der Waals surface area contributed by atoms with Gasteiger partial charge in [-0.15, -0.1) is 0 Å². The van der Waals surface area contributed by atoms with Gasteiger partial charge in [-0.2, -0.15) is 5.10 Å². The van der Waals surface area contributed by atoms with Gasteiger partial charge in [0.25, 0.3) is 11.6 Å². The normalized spacial score (nSPS) is 11.6. The summed E-state index contributed by atoms with van der Waals surface area (Å²) in [6.07, 6.45) is 0. The lowest BCUT2D eigenvalue weighted by atomic mass is 10.1. The van der Waals surface area contributed by atoms with E-state index in [1.165, 1.54) is 6.07 Å². The lowest BCUT2D eigenvalue weighted by Gasteiger charge is -2.22. The van der Waals surface area contributed by atoms with Gasteiger partial charge in [0.05, 0.1) is 10.5 Å². The van der Waals surface area contributed by atoms with Crippen LogP contribution in [0.15, 0.2) is 18.2 Å². The molecule has 1 amide bonds. The summed E-state index contributed by atoms with van der Waals surface area (Å²) in [5.74, 6) is 0.966. The Morgan fingerprint density at radius 1 is 1.32 bits per heavy atom. The van der Waals surface area contributed by atoms with Crippen molar-refractivity contribution in [1.82, 2.24) is 15.1 Å². The number of aryl methyl sites for hydroxylation is 1. The van der Waals surface area contributed by atoms with Crippen LogP contribution in [0.5, 0.6) is 11.6 Å². The number of nitrogens with zero attached hydrogens (tertiary/aromatic N) is 3. The molecule has 0 saturated heterocycles. The number of nitrogens with one attached hydrogen (secondary N) is 1. The van der Waals surface area contributed by atoms with Crippen LogP contribution in [0.25, 0.3) is 0 Å². The summed E-state index contributed by atoms with van der Waals surface area (Å²) in [6, 6.07) is 4.56. The number of nitro benzene ring substituents is 1. The highest BCUT2D eigenvalue weighted by molar-refractivity contribution is 5.94. The number of carbonyl (C=O) groups is 1. The van der Waals surface area contributed by atoms with Gasteiger partial charge in [-0.25, -0.2) is 4.68 Å². The van der Waals surface area contributed by atoms with Crippen molar-refractivity contribution in [3.8, 4) is 11.6 Å². The molecule has 2 rings (SSSR count). The Labute approximate surface area is 165 Å². The van der Waals surface area contributed by atoms with E-state index in [2.05, 4.69) is 10.4 Å². The maximum atomic E-state index is 12.6. The topological polar surface area (TPSA) is 99.3 Å². The molecule has 0 radical (unpaired) electrons. The molecule has 0 saturated carbocycles. The smallest absolute Gasteiger partial charge is 0.272 e. The van der Waals surface area contributed by atoms with Crippen LogP contribution < -0.4 is 10.1 Å². The summed E-state index contributed by atoms with van der Waals surface area (Å²) in [7, 11) is 0. The van der Waals surface area contributed by atoms with Gasteiger partial charge < -0.3 is 10.1 Å². The minimum absolute atomic E-state index is 0.0298. The molecule has 0 atom stereocenters. The second-order valence-electron chi connectivity index (χ2n) is 8.27. The molecule has 0 fully saturated rings. The molecule has 152 valence electrons. The van der Waals surface area contributed by atoms with E-state index in [9.17, 15) is 14.9 Å². The Bertz CT molecular complexity index is 894. The number of aromatic nitrogens is 2. The van der Waals surface area contributed by atoms with Gasteiger partial charge in [-0.3, -0.25) is 14.9 Å². The number of hydrogen-bond acceptors (Lipinski definition) is 5. The Morgan fingerprint density at radius 3 is 2.46 bits per heavy atom. The van der Waals surface area contributed by atoms with Crippen LogP contribution >= 0.6 is 0 Å². The second-order valence-corrected chi connectivity index (χ2v) is 8.27. The number of carbonyl (C=O) groups excluding carboxylic acids is 1. The van der Waals surface area contributed by atoms with E-state index in [1.54, 1.807) is 30.7 Å². The molecule has 2 aromatic rings. The first-order valence-electron chi connectivity index (χ1n) is 9.23. The lowest BCUT2D eigenvalue weighted by molar-refractivity contribution is -0.385.